The van der Waals surface area contributed by atoms with Gasteiger partial charge in [-0.1, -0.05) is 47.5 Å². The SMILES string of the molecule is CNCC1Cc2cccc(-c3ccc(Cl)cc3Cl)c2O1. The Morgan fingerprint density at radius 1 is 1.20 bits per heavy atom. The third-order valence-corrected chi connectivity index (χ3v) is 4.03. The van der Waals surface area contributed by atoms with Gasteiger partial charge in [0.2, 0.25) is 0 Å². The fourth-order valence-corrected chi connectivity index (χ4v) is 3.11. The molecule has 1 heterocycles. The van der Waals surface area contributed by atoms with Crippen LogP contribution in [0.25, 0.3) is 11.1 Å². The molecule has 0 amide bonds. The average Bonchev–Trinajstić information content (AvgIpc) is 2.82. The molecule has 2 nitrogen and oxygen atoms in total. The largest absolute Gasteiger partial charge is 0.488 e. The fraction of sp³-hybridized carbons (Fsp3) is 0.250. The van der Waals surface area contributed by atoms with Crippen molar-refractivity contribution in [3.8, 4) is 16.9 Å². The maximum atomic E-state index is 6.31. The molecular formula is C16H15Cl2NO. The molecule has 1 unspecified atom stereocenters. The molecule has 0 aliphatic carbocycles. The molecule has 1 N–H and O–H groups in total. The Kier molecular flexibility index (Phi) is 3.88. The Hall–Kier alpha value is -1.22. The lowest BCUT2D eigenvalue weighted by Gasteiger charge is -2.13. The van der Waals surface area contributed by atoms with Crippen molar-refractivity contribution in [2.45, 2.75) is 12.5 Å². The van der Waals surface area contributed by atoms with Crippen molar-refractivity contribution in [3.63, 3.8) is 0 Å². The summed E-state index contributed by atoms with van der Waals surface area (Å²) in [6, 6.07) is 11.7. The summed E-state index contributed by atoms with van der Waals surface area (Å²) in [5, 5.41) is 4.44. The Bertz CT molecular complexity index is 642. The van der Waals surface area contributed by atoms with E-state index in [1.54, 1.807) is 6.07 Å². The number of para-hydroxylation sites is 1. The van der Waals surface area contributed by atoms with Gasteiger partial charge in [0.05, 0.1) is 5.02 Å². The Morgan fingerprint density at radius 2 is 2.05 bits per heavy atom. The minimum absolute atomic E-state index is 0.183. The summed E-state index contributed by atoms with van der Waals surface area (Å²) in [4.78, 5) is 0. The second kappa shape index (κ2) is 5.65. The van der Waals surface area contributed by atoms with Crippen LogP contribution in [0.5, 0.6) is 5.75 Å². The van der Waals surface area contributed by atoms with Crippen LogP contribution >= 0.6 is 23.2 Å². The first-order chi connectivity index (χ1) is 9.69. The predicted octanol–water partition coefficient (Wildman–Crippen LogP) is 4.18. The van der Waals surface area contributed by atoms with Gasteiger partial charge in [-0.25, -0.2) is 0 Å². The fourth-order valence-electron chi connectivity index (χ4n) is 2.60. The highest BCUT2D eigenvalue weighted by atomic mass is 35.5. The number of hydrogen-bond donors (Lipinski definition) is 1. The topological polar surface area (TPSA) is 21.3 Å². The first-order valence-electron chi connectivity index (χ1n) is 6.57. The van der Waals surface area contributed by atoms with Crippen LogP contribution in [0.3, 0.4) is 0 Å². The van der Waals surface area contributed by atoms with E-state index < -0.39 is 0 Å². The molecule has 1 aliphatic rings. The number of nitrogens with one attached hydrogen (secondary N) is 1. The van der Waals surface area contributed by atoms with Crippen LogP contribution in [0.2, 0.25) is 10.0 Å². The van der Waals surface area contributed by atoms with Crippen LogP contribution in [-0.2, 0) is 6.42 Å². The number of fused-ring (bicyclic) bond motifs is 1. The van der Waals surface area contributed by atoms with Crippen molar-refractivity contribution in [1.82, 2.24) is 5.32 Å². The van der Waals surface area contributed by atoms with E-state index in [4.69, 9.17) is 27.9 Å². The highest BCUT2D eigenvalue weighted by Crippen LogP contribution is 2.41. The zero-order valence-electron chi connectivity index (χ0n) is 11.1. The van der Waals surface area contributed by atoms with Gasteiger partial charge in [0.1, 0.15) is 11.9 Å². The second-order valence-corrected chi connectivity index (χ2v) is 5.76. The van der Waals surface area contributed by atoms with E-state index in [-0.39, 0.29) is 6.10 Å². The predicted molar refractivity (Wildman–Crippen MR) is 83.9 cm³/mol. The van der Waals surface area contributed by atoms with E-state index in [0.29, 0.717) is 10.0 Å². The van der Waals surface area contributed by atoms with Gasteiger partial charge in [-0.05, 0) is 24.7 Å². The van der Waals surface area contributed by atoms with Crippen molar-refractivity contribution in [3.05, 3.63) is 52.0 Å². The molecule has 0 saturated carbocycles. The van der Waals surface area contributed by atoms with Crippen LogP contribution in [-0.4, -0.2) is 19.7 Å². The van der Waals surface area contributed by atoms with Crippen molar-refractivity contribution in [2.24, 2.45) is 0 Å². The normalized spacial score (nSPS) is 16.9. The molecule has 104 valence electrons. The lowest BCUT2D eigenvalue weighted by atomic mass is 10.0. The minimum Gasteiger partial charge on any atom is -0.488 e. The molecule has 2 aromatic rings. The van der Waals surface area contributed by atoms with Gasteiger partial charge in [0.15, 0.2) is 0 Å². The van der Waals surface area contributed by atoms with Gasteiger partial charge in [-0.3, -0.25) is 0 Å². The number of halogens is 2. The lowest BCUT2D eigenvalue weighted by molar-refractivity contribution is 0.232. The zero-order valence-corrected chi connectivity index (χ0v) is 12.6. The van der Waals surface area contributed by atoms with Crippen molar-refractivity contribution in [1.29, 1.82) is 0 Å². The quantitative estimate of drug-likeness (QED) is 0.918. The molecule has 3 rings (SSSR count). The number of benzene rings is 2. The van der Waals surface area contributed by atoms with Gasteiger partial charge in [0, 0.05) is 29.1 Å². The maximum absolute atomic E-state index is 6.31. The smallest absolute Gasteiger partial charge is 0.131 e. The number of rotatable bonds is 3. The molecule has 0 spiro atoms. The van der Waals surface area contributed by atoms with Crippen LogP contribution in [0.15, 0.2) is 36.4 Å². The van der Waals surface area contributed by atoms with Crippen LogP contribution in [0, 0.1) is 0 Å². The first-order valence-corrected chi connectivity index (χ1v) is 7.33. The monoisotopic (exact) mass is 307 g/mol. The Labute approximate surface area is 128 Å². The summed E-state index contributed by atoms with van der Waals surface area (Å²) >= 11 is 12.3. The molecule has 0 radical (unpaired) electrons. The van der Waals surface area contributed by atoms with Gasteiger partial charge in [-0.2, -0.15) is 0 Å². The number of hydrogen-bond acceptors (Lipinski definition) is 2. The number of likely N-dealkylation sites (N-methyl/N-ethyl adjacent to an activating group) is 1. The molecule has 1 aliphatic heterocycles. The molecule has 2 aromatic carbocycles. The molecule has 1 atom stereocenters. The van der Waals surface area contributed by atoms with E-state index in [9.17, 15) is 0 Å². The average molecular weight is 308 g/mol. The van der Waals surface area contributed by atoms with Gasteiger partial charge in [-0.15, -0.1) is 0 Å². The molecule has 4 heteroatoms. The highest BCUT2D eigenvalue weighted by Gasteiger charge is 2.25. The van der Waals surface area contributed by atoms with E-state index in [2.05, 4.69) is 11.4 Å². The highest BCUT2D eigenvalue weighted by molar-refractivity contribution is 6.36. The van der Waals surface area contributed by atoms with E-state index >= 15 is 0 Å². The zero-order chi connectivity index (χ0) is 14.1. The van der Waals surface area contributed by atoms with Crippen molar-refractivity contribution >= 4 is 23.2 Å². The summed E-state index contributed by atoms with van der Waals surface area (Å²) in [5.74, 6) is 0.942. The molecule has 0 bridgehead atoms. The Balaban J connectivity index is 2.03. The lowest BCUT2D eigenvalue weighted by Crippen LogP contribution is -2.27. The van der Waals surface area contributed by atoms with Crippen LogP contribution in [0.4, 0.5) is 0 Å². The third kappa shape index (κ3) is 2.51. The Morgan fingerprint density at radius 3 is 2.80 bits per heavy atom. The molecule has 20 heavy (non-hydrogen) atoms. The van der Waals surface area contributed by atoms with E-state index in [1.165, 1.54) is 5.56 Å². The molecule has 0 fully saturated rings. The number of ether oxygens (including phenoxy) is 1. The summed E-state index contributed by atoms with van der Waals surface area (Å²) in [7, 11) is 1.93. The van der Waals surface area contributed by atoms with Crippen molar-refractivity contribution < 1.29 is 4.74 Å². The standard InChI is InChI=1S/C16H15Cl2NO/c1-19-9-12-7-10-3-2-4-14(16(10)20-12)13-6-5-11(17)8-15(13)18/h2-6,8,12,19H,7,9H2,1H3. The van der Waals surface area contributed by atoms with E-state index in [0.717, 1.165) is 29.8 Å². The van der Waals surface area contributed by atoms with Crippen molar-refractivity contribution in [2.75, 3.05) is 13.6 Å². The minimum atomic E-state index is 0.183. The summed E-state index contributed by atoms with van der Waals surface area (Å²) in [6.45, 7) is 0.836. The van der Waals surface area contributed by atoms with Gasteiger partial charge in [0.25, 0.3) is 0 Å². The molecule has 0 aromatic heterocycles. The summed E-state index contributed by atoms with van der Waals surface area (Å²) in [5.41, 5.74) is 3.22. The second-order valence-electron chi connectivity index (χ2n) is 4.92. The maximum Gasteiger partial charge on any atom is 0.131 e. The van der Waals surface area contributed by atoms with Gasteiger partial charge < -0.3 is 10.1 Å². The van der Waals surface area contributed by atoms with Crippen LogP contribution in [0.1, 0.15) is 5.56 Å². The summed E-state index contributed by atoms with van der Waals surface area (Å²) in [6.07, 6.45) is 1.11. The first kappa shape index (κ1) is 13.7. The summed E-state index contributed by atoms with van der Waals surface area (Å²) < 4.78 is 6.06. The van der Waals surface area contributed by atoms with Gasteiger partial charge >= 0.3 is 0 Å². The third-order valence-electron chi connectivity index (χ3n) is 3.48. The van der Waals surface area contributed by atoms with E-state index in [1.807, 2.05) is 31.3 Å². The molecule has 0 saturated heterocycles. The van der Waals surface area contributed by atoms with Crippen LogP contribution < -0.4 is 10.1 Å². The molecular weight excluding hydrogens is 293 g/mol.